The number of hydrogen-bond acceptors (Lipinski definition) is 3. The van der Waals surface area contributed by atoms with Gasteiger partial charge in [0.1, 0.15) is 23.0 Å². The lowest BCUT2D eigenvalue weighted by Crippen LogP contribution is -2.35. The lowest BCUT2D eigenvalue weighted by molar-refractivity contribution is 0.101. The van der Waals surface area contributed by atoms with Crippen molar-refractivity contribution in [3.8, 4) is 0 Å². The molecule has 9 heteroatoms. The molecule has 1 aliphatic rings. The highest BCUT2D eigenvalue weighted by molar-refractivity contribution is 7.92. The number of amides is 1. The molecule has 1 amide bonds. The van der Waals surface area contributed by atoms with Crippen LogP contribution in [-0.2, 0) is 16.4 Å². The number of nitrogens with zero attached hydrogens (tertiary/aromatic N) is 1. The Kier molecular flexibility index (Phi) is 5.45. The number of anilines is 2. The van der Waals surface area contributed by atoms with Gasteiger partial charge in [-0.3, -0.25) is 9.10 Å². The molecule has 0 bridgehead atoms. The first-order valence-electron chi connectivity index (χ1n) is 9.44. The summed E-state index contributed by atoms with van der Waals surface area (Å²) < 4.78 is 68.2. The van der Waals surface area contributed by atoms with Gasteiger partial charge in [0, 0.05) is 12.2 Å². The van der Waals surface area contributed by atoms with E-state index >= 15 is 0 Å². The molecule has 0 radical (unpaired) electrons. The van der Waals surface area contributed by atoms with Crippen molar-refractivity contribution >= 4 is 27.3 Å². The normalized spacial score (nSPS) is 13.6. The van der Waals surface area contributed by atoms with E-state index in [1.54, 1.807) is 6.07 Å². The molecule has 0 spiro atoms. The third-order valence-electron chi connectivity index (χ3n) is 5.00. The van der Waals surface area contributed by atoms with Gasteiger partial charge in [0.05, 0.1) is 10.6 Å². The lowest BCUT2D eigenvalue weighted by atomic mass is 10.0. The van der Waals surface area contributed by atoms with Gasteiger partial charge in [-0.05, 0) is 73.0 Å². The van der Waals surface area contributed by atoms with Crippen LogP contribution in [0.3, 0.4) is 0 Å². The molecule has 1 aliphatic heterocycles. The van der Waals surface area contributed by atoms with Crippen molar-refractivity contribution in [2.45, 2.75) is 17.7 Å². The van der Waals surface area contributed by atoms with Crippen molar-refractivity contribution < 1.29 is 26.4 Å². The van der Waals surface area contributed by atoms with Gasteiger partial charge in [-0.2, -0.15) is 0 Å². The van der Waals surface area contributed by atoms with Gasteiger partial charge >= 0.3 is 0 Å². The quantitative estimate of drug-likeness (QED) is 0.642. The molecule has 160 valence electrons. The van der Waals surface area contributed by atoms with Gasteiger partial charge in [-0.1, -0.05) is 6.07 Å². The molecule has 3 aromatic carbocycles. The Bertz CT molecular complexity index is 1240. The number of hydrogen-bond donors (Lipinski definition) is 1. The summed E-state index contributed by atoms with van der Waals surface area (Å²) in [4.78, 5) is 12.3. The zero-order valence-electron chi connectivity index (χ0n) is 16.1. The molecule has 0 fully saturated rings. The third kappa shape index (κ3) is 4.00. The standard InChI is InChI=1S/C22H17F3N2O3S/c23-15-6-9-17(10-7-15)31(29,30)27-12-2-3-14-13-16(8-11-20(14)27)26-22(28)21-18(24)4-1-5-19(21)25/h1,4-11,13H,2-3,12H2,(H,26,28). The van der Waals surface area contributed by atoms with Gasteiger partial charge in [0.15, 0.2) is 0 Å². The van der Waals surface area contributed by atoms with E-state index in [0.29, 0.717) is 24.1 Å². The number of carbonyl (C=O) groups is 1. The van der Waals surface area contributed by atoms with Crippen LogP contribution in [0.15, 0.2) is 65.6 Å². The van der Waals surface area contributed by atoms with Crippen LogP contribution in [0.25, 0.3) is 0 Å². The number of halogens is 3. The summed E-state index contributed by atoms with van der Waals surface area (Å²) in [5.74, 6) is -3.44. The number of aryl methyl sites for hydroxylation is 1. The molecule has 0 atom stereocenters. The van der Waals surface area contributed by atoms with E-state index in [-0.39, 0.29) is 17.1 Å². The lowest BCUT2D eigenvalue weighted by Gasteiger charge is -2.31. The summed E-state index contributed by atoms with van der Waals surface area (Å²) in [6.07, 6.45) is 1.09. The highest BCUT2D eigenvalue weighted by Crippen LogP contribution is 2.34. The first-order valence-corrected chi connectivity index (χ1v) is 10.9. The van der Waals surface area contributed by atoms with E-state index in [1.165, 1.54) is 28.6 Å². The van der Waals surface area contributed by atoms with Crippen LogP contribution in [0.1, 0.15) is 22.3 Å². The molecule has 5 nitrogen and oxygen atoms in total. The van der Waals surface area contributed by atoms with Gasteiger partial charge in [-0.25, -0.2) is 21.6 Å². The molecule has 31 heavy (non-hydrogen) atoms. The Morgan fingerprint density at radius 3 is 2.29 bits per heavy atom. The molecule has 0 aromatic heterocycles. The molecule has 4 rings (SSSR count). The maximum atomic E-state index is 13.8. The van der Waals surface area contributed by atoms with Crippen molar-refractivity contribution in [3.63, 3.8) is 0 Å². The van der Waals surface area contributed by atoms with E-state index in [1.807, 2.05) is 0 Å². The van der Waals surface area contributed by atoms with Crippen LogP contribution in [0.2, 0.25) is 0 Å². The Morgan fingerprint density at radius 2 is 1.61 bits per heavy atom. The van der Waals surface area contributed by atoms with Crippen molar-refractivity contribution in [1.82, 2.24) is 0 Å². The molecular formula is C22H17F3N2O3S. The van der Waals surface area contributed by atoms with Crippen molar-refractivity contribution in [2.75, 3.05) is 16.2 Å². The molecule has 0 saturated heterocycles. The molecular weight excluding hydrogens is 429 g/mol. The summed E-state index contributed by atoms with van der Waals surface area (Å²) in [7, 11) is -3.90. The smallest absolute Gasteiger partial charge is 0.264 e. The summed E-state index contributed by atoms with van der Waals surface area (Å²) >= 11 is 0. The fraction of sp³-hybridized carbons (Fsp3) is 0.136. The number of fused-ring (bicyclic) bond motifs is 1. The Hall–Kier alpha value is -3.33. The zero-order chi connectivity index (χ0) is 22.2. The van der Waals surface area contributed by atoms with E-state index in [9.17, 15) is 26.4 Å². The second-order valence-corrected chi connectivity index (χ2v) is 8.89. The minimum absolute atomic E-state index is 0.0332. The van der Waals surface area contributed by atoms with Crippen LogP contribution in [0.4, 0.5) is 24.5 Å². The Morgan fingerprint density at radius 1 is 0.935 bits per heavy atom. The number of rotatable bonds is 4. The van der Waals surface area contributed by atoms with Crippen LogP contribution in [0, 0.1) is 17.5 Å². The topological polar surface area (TPSA) is 66.5 Å². The predicted molar refractivity (Wildman–Crippen MR) is 110 cm³/mol. The summed E-state index contributed by atoms with van der Waals surface area (Å²) in [5, 5.41) is 2.45. The maximum Gasteiger partial charge on any atom is 0.264 e. The first-order chi connectivity index (χ1) is 14.8. The predicted octanol–water partition coefficient (Wildman–Crippen LogP) is 4.50. The summed E-state index contributed by atoms with van der Waals surface area (Å²) in [6, 6.07) is 12.3. The van der Waals surface area contributed by atoms with Crippen LogP contribution >= 0.6 is 0 Å². The fourth-order valence-electron chi connectivity index (χ4n) is 3.53. The number of carbonyl (C=O) groups excluding carboxylic acids is 1. The molecule has 1 heterocycles. The fourth-order valence-corrected chi connectivity index (χ4v) is 5.07. The minimum atomic E-state index is -3.90. The SMILES string of the molecule is O=C(Nc1ccc2c(c1)CCCN2S(=O)(=O)c1ccc(F)cc1)c1c(F)cccc1F. The van der Waals surface area contributed by atoms with Crippen molar-refractivity contribution in [2.24, 2.45) is 0 Å². The van der Waals surface area contributed by atoms with Gasteiger partial charge in [0.2, 0.25) is 0 Å². The van der Waals surface area contributed by atoms with Crippen molar-refractivity contribution in [1.29, 1.82) is 0 Å². The summed E-state index contributed by atoms with van der Waals surface area (Å²) in [5.41, 5.74) is 0.683. The van der Waals surface area contributed by atoms with E-state index in [4.69, 9.17) is 0 Å². The van der Waals surface area contributed by atoms with E-state index in [2.05, 4.69) is 5.32 Å². The van der Waals surface area contributed by atoms with Gasteiger partial charge in [-0.15, -0.1) is 0 Å². The van der Waals surface area contributed by atoms with Crippen LogP contribution in [0.5, 0.6) is 0 Å². The minimum Gasteiger partial charge on any atom is -0.322 e. The highest BCUT2D eigenvalue weighted by Gasteiger charge is 2.29. The Labute approximate surface area is 177 Å². The van der Waals surface area contributed by atoms with Crippen LogP contribution < -0.4 is 9.62 Å². The number of nitrogens with one attached hydrogen (secondary N) is 1. The van der Waals surface area contributed by atoms with Crippen LogP contribution in [-0.4, -0.2) is 20.9 Å². The third-order valence-corrected chi connectivity index (χ3v) is 6.83. The molecule has 1 N–H and O–H groups in total. The second-order valence-electron chi connectivity index (χ2n) is 7.03. The highest BCUT2D eigenvalue weighted by atomic mass is 32.2. The average molecular weight is 446 g/mol. The number of sulfonamides is 1. The van der Waals surface area contributed by atoms with Gasteiger partial charge in [0.25, 0.3) is 15.9 Å². The summed E-state index contributed by atoms with van der Waals surface area (Å²) in [6.45, 7) is 0.249. The van der Waals surface area contributed by atoms with Gasteiger partial charge < -0.3 is 5.32 Å². The second kappa shape index (κ2) is 8.07. The molecule has 0 saturated carbocycles. The average Bonchev–Trinajstić information content (AvgIpc) is 2.73. The van der Waals surface area contributed by atoms with Crippen molar-refractivity contribution in [3.05, 3.63) is 89.2 Å². The molecule has 3 aromatic rings. The first kappa shape index (κ1) is 20.9. The van der Waals surface area contributed by atoms with E-state index < -0.39 is 38.9 Å². The maximum absolute atomic E-state index is 13.8. The Balaban J connectivity index is 1.63. The molecule has 0 aliphatic carbocycles. The number of benzene rings is 3. The molecule has 0 unspecified atom stereocenters. The zero-order valence-corrected chi connectivity index (χ0v) is 16.9. The van der Waals surface area contributed by atoms with E-state index in [0.717, 1.165) is 30.3 Å². The monoisotopic (exact) mass is 446 g/mol. The largest absolute Gasteiger partial charge is 0.322 e.